The molecule has 0 amide bonds. The zero-order chi connectivity index (χ0) is 16.2. The summed E-state index contributed by atoms with van der Waals surface area (Å²) in [6.45, 7) is 1.74. The van der Waals surface area contributed by atoms with E-state index in [1.807, 2.05) is 24.3 Å². The number of nitrogens with one attached hydrogen (secondary N) is 1. The van der Waals surface area contributed by atoms with Gasteiger partial charge in [0.2, 0.25) is 0 Å². The lowest BCUT2D eigenvalue weighted by molar-refractivity contribution is 0.414. The molecule has 0 heterocycles. The van der Waals surface area contributed by atoms with E-state index in [1.54, 1.807) is 19.1 Å². The van der Waals surface area contributed by atoms with Crippen LogP contribution in [-0.2, 0) is 10.0 Å². The van der Waals surface area contributed by atoms with Gasteiger partial charge in [0.25, 0.3) is 10.0 Å². The molecule has 0 aliphatic heterocycles. The largest absolute Gasteiger partial charge is 0.497 e. The van der Waals surface area contributed by atoms with Crippen LogP contribution in [0.15, 0.2) is 63.0 Å². The topological polar surface area (TPSA) is 67.8 Å². The number of methoxy groups -OCH3 is 1. The average molecular weight is 383 g/mol. The van der Waals surface area contributed by atoms with Gasteiger partial charge >= 0.3 is 0 Å². The molecule has 0 radical (unpaired) electrons. The lowest BCUT2D eigenvalue weighted by Crippen LogP contribution is -2.19. The highest BCUT2D eigenvalue weighted by Crippen LogP contribution is 2.15. The number of benzene rings is 2. The molecule has 0 aromatic heterocycles. The van der Waals surface area contributed by atoms with Gasteiger partial charge in [-0.1, -0.05) is 28.1 Å². The van der Waals surface area contributed by atoms with Crippen LogP contribution >= 0.6 is 15.9 Å². The molecule has 0 saturated heterocycles. The average Bonchev–Trinajstić information content (AvgIpc) is 2.53. The lowest BCUT2D eigenvalue weighted by Gasteiger charge is -2.06. The smallest absolute Gasteiger partial charge is 0.276 e. The van der Waals surface area contributed by atoms with E-state index >= 15 is 0 Å². The third kappa shape index (κ3) is 4.08. The first-order valence-corrected chi connectivity index (χ1v) is 8.66. The van der Waals surface area contributed by atoms with Crippen molar-refractivity contribution in [1.82, 2.24) is 4.83 Å². The highest BCUT2D eigenvalue weighted by molar-refractivity contribution is 9.10. The Bertz CT molecular complexity index is 769. The fourth-order valence-corrected chi connectivity index (χ4v) is 2.81. The molecule has 0 aliphatic carbocycles. The van der Waals surface area contributed by atoms with E-state index in [9.17, 15) is 8.42 Å². The van der Waals surface area contributed by atoms with Gasteiger partial charge in [-0.15, -0.1) is 0 Å². The van der Waals surface area contributed by atoms with Crippen molar-refractivity contribution in [1.29, 1.82) is 0 Å². The van der Waals surface area contributed by atoms with Gasteiger partial charge in [0, 0.05) is 4.47 Å². The Hall–Kier alpha value is -1.86. The summed E-state index contributed by atoms with van der Waals surface area (Å²) in [7, 11) is -2.18. The quantitative estimate of drug-likeness (QED) is 0.637. The molecule has 0 aliphatic rings. The number of halogens is 1. The van der Waals surface area contributed by atoms with Crippen molar-refractivity contribution in [2.45, 2.75) is 11.8 Å². The molecule has 22 heavy (non-hydrogen) atoms. The van der Waals surface area contributed by atoms with E-state index in [-0.39, 0.29) is 4.90 Å². The van der Waals surface area contributed by atoms with Crippen molar-refractivity contribution in [2.75, 3.05) is 7.11 Å². The minimum absolute atomic E-state index is 0.126. The van der Waals surface area contributed by atoms with Crippen LogP contribution in [0, 0.1) is 0 Å². The van der Waals surface area contributed by atoms with E-state index in [4.69, 9.17) is 4.74 Å². The van der Waals surface area contributed by atoms with Gasteiger partial charge in [-0.3, -0.25) is 0 Å². The summed E-state index contributed by atoms with van der Waals surface area (Å²) in [6, 6.07) is 13.5. The molecule has 0 saturated carbocycles. The van der Waals surface area contributed by atoms with Gasteiger partial charge in [-0.05, 0) is 48.9 Å². The van der Waals surface area contributed by atoms with Crippen LogP contribution in [0.2, 0.25) is 0 Å². The fourth-order valence-electron chi connectivity index (χ4n) is 1.69. The molecular weight excluding hydrogens is 368 g/mol. The molecule has 7 heteroatoms. The molecule has 116 valence electrons. The fraction of sp³-hybridized carbons (Fsp3) is 0.133. The maximum atomic E-state index is 12.2. The normalized spacial score (nSPS) is 12.0. The Labute approximate surface area is 138 Å². The Morgan fingerprint density at radius 1 is 1.09 bits per heavy atom. The molecule has 1 N–H and O–H groups in total. The highest BCUT2D eigenvalue weighted by Gasteiger charge is 2.13. The molecule has 0 atom stereocenters. The molecule has 0 spiro atoms. The Balaban J connectivity index is 2.17. The van der Waals surface area contributed by atoms with Crippen molar-refractivity contribution in [2.24, 2.45) is 5.10 Å². The van der Waals surface area contributed by atoms with Gasteiger partial charge in [-0.2, -0.15) is 18.4 Å². The summed E-state index contributed by atoms with van der Waals surface area (Å²) < 4.78 is 30.3. The summed E-state index contributed by atoms with van der Waals surface area (Å²) in [5.41, 5.74) is 1.41. The number of rotatable bonds is 5. The number of hydrogen-bond acceptors (Lipinski definition) is 4. The monoisotopic (exact) mass is 382 g/mol. The van der Waals surface area contributed by atoms with Crippen molar-refractivity contribution >= 4 is 31.7 Å². The molecule has 5 nitrogen and oxygen atoms in total. The van der Waals surface area contributed by atoms with E-state index < -0.39 is 10.0 Å². The van der Waals surface area contributed by atoms with Crippen molar-refractivity contribution in [3.05, 3.63) is 58.6 Å². The number of hydrogen-bond donors (Lipinski definition) is 1. The van der Waals surface area contributed by atoms with Crippen molar-refractivity contribution in [3.63, 3.8) is 0 Å². The standard InChI is InChI=1S/C15H15BrN2O3S/c1-11(12-3-5-13(16)6-4-12)17-18-22(19,20)15-9-7-14(21-2)8-10-15/h3-10,18H,1-2H3. The van der Waals surface area contributed by atoms with Crippen LogP contribution in [0.5, 0.6) is 5.75 Å². The predicted molar refractivity (Wildman–Crippen MR) is 89.7 cm³/mol. The van der Waals surface area contributed by atoms with Crippen LogP contribution in [0.3, 0.4) is 0 Å². The first kappa shape index (κ1) is 16.5. The SMILES string of the molecule is COc1ccc(S(=O)(=O)NN=C(C)c2ccc(Br)cc2)cc1. The number of nitrogens with zero attached hydrogens (tertiary/aromatic N) is 1. The first-order valence-electron chi connectivity index (χ1n) is 6.38. The van der Waals surface area contributed by atoms with Crippen LogP contribution in [0.1, 0.15) is 12.5 Å². The summed E-state index contributed by atoms with van der Waals surface area (Å²) in [5.74, 6) is 0.591. The van der Waals surface area contributed by atoms with E-state index in [0.717, 1.165) is 10.0 Å². The Kier molecular flexibility index (Phi) is 5.20. The summed E-state index contributed by atoms with van der Waals surface area (Å²) in [5, 5.41) is 3.95. The molecule has 2 rings (SSSR count). The lowest BCUT2D eigenvalue weighted by atomic mass is 10.1. The van der Waals surface area contributed by atoms with Gasteiger partial charge < -0.3 is 4.74 Å². The maximum absolute atomic E-state index is 12.2. The van der Waals surface area contributed by atoms with Gasteiger partial charge in [0.1, 0.15) is 5.75 Å². The predicted octanol–water partition coefficient (Wildman–Crippen LogP) is 3.16. The second-order valence-electron chi connectivity index (χ2n) is 4.47. The minimum atomic E-state index is -3.70. The van der Waals surface area contributed by atoms with Crippen molar-refractivity contribution < 1.29 is 13.2 Å². The van der Waals surface area contributed by atoms with Crippen molar-refractivity contribution in [3.8, 4) is 5.75 Å². The molecular formula is C15H15BrN2O3S. The van der Waals surface area contributed by atoms with Gasteiger partial charge in [-0.25, -0.2) is 0 Å². The number of sulfonamides is 1. The maximum Gasteiger partial charge on any atom is 0.276 e. The zero-order valence-electron chi connectivity index (χ0n) is 12.1. The molecule has 0 bridgehead atoms. The second-order valence-corrected chi connectivity index (χ2v) is 7.05. The minimum Gasteiger partial charge on any atom is -0.497 e. The number of hydrazone groups is 1. The Morgan fingerprint density at radius 3 is 2.23 bits per heavy atom. The van der Waals surface area contributed by atoms with Crippen LogP contribution in [0.4, 0.5) is 0 Å². The van der Waals surface area contributed by atoms with Gasteiger partial charge in [0.05, 0.1) is 17.7 Å². The summed E-state index contributed by atoms with van der Waals surface area (Å²) in [6.07, 6.45) is 0. The third-order valence-corrected chi connectivity index (χ3v) is 4.72. The zero-order valence-corrected chi connectivity index (χ0v) is 14.5. The molecule has 2 aromatic rings. The van der Waals surface area contributed by atoms with E-state index in [2.05, 4.69) is 25.9 Å². The van der Waals surface area contributed by atoms with E-state index in [1.165, 1.54) is 19.2 Å². The second kappa shape index (κ2) is 6.93. The van der Waals surface area contributed by atoms with Gasteiger partial charge in [0.15, 0.2) is 0 Å². The Morgan fingerprint density at radius 2 is 1.68 bits per heavy atom. The first-order chi connectivity index (χ1) is 10.4. The molecule has 0 fully saturated rings. The van der Waals surface area contributed by atoms with E-state index in [0.29, 0.717) is 11.5 Å². The van der Waals surface area contributed by atoms with Crippen LogP contribution in [0.25, 0.3) is 0 Å². The summed E-state index contributed by atoms with van der Waals surface area (Å²) >= 11 is 3.35. The molecule has 0 unspecified atom stereocenters. The molecule has 2 aromatic carbocycles. The highest BCUT2D eigenvalue weighted by atomic mass is 79.9. The van der Waals surface area contributed by atoms with Crippen LogP contribution in [-0.4, -0.2) is 21.2 Å². The summed E-state index contributed by atoms with van der Waals surface area (Å²) in [4.78, 5) is 2.36. The van der Waals surface area contributed by atoms with Crippen LogP contribution < -0.4 is 9.57 Å². The number of ether oxygens (including phenoxy) is 1. The third-order valence-electron chi connectivity index (χ3n) is 2.97.